The molecule has 0 bridgehead atoms. The van der Waals surface area contributed by atoms with E-state index in [2.05, 4.69) is 18.0 Å². The van der Waals surface area contributed by atoms with E-state index in [1.54, 1.807) is 30.3 Å². The van der Waals surface area contributed by atoms with Crippen molar-refractivity contribution >= 4 is 22.3 Å². The summed E-state index contributed by atoms with van der Waals surface area (Å²) in [5.74, 6) is -1.24. The van der Waals surface area contributed by atoms with Gasteiger partial charge in [-0.25, -0.2) is 27.1 Å². The van der Waals surface area contributed by atoms with Crippen molar-refractivity contribution in [2.24, 2.45) is 7.05 Å². The van der Waals surface area contributed by atoms with Gasteiger partial charge in [-0.2, -0.15) is 0 Å². The molecular formula is C22H40N2O8S. The number of rotatable bonds is 15. The second kappa shape index (κ2) is 16.6. The lowest BCUT2D eigenvalue weighted by Gasteiger charge is -2.21. The van der Waals surface area contributed by atoms with Gasteiger partial charge in [0.2, 0.25) is 16.7 Å². The normalized spacial score (nSPS) is 12.9. The maximum Gasteiger partial charge on any atom is 0.366 e. The molecule has 0 N–H and O–H groups in total. The number of unbranched alkanes of at least 4 members (excludes halogenated alkanes) is 7. The number of carbonyl (C=O) groups is 2. The lowest BCUT2D eigenvalue weighted by molar-refractivity contribution is -0.671. The van der Waals surface area contributed by atoms with Crippen LogP contribution in [0.15, 0.2) is 18.7 Å². The van der Waals surface area contributed by atoms with Gasteiger partial charge < -0.3 is 14.0 Å². The summed E-state index contributed by atoms with van der Waals surface area (Å²) in [5, 5.41) is 0. The Kier molecular flexibility index (Phi) is 15.6. The summed E-state index contributed by atoms with van der Waals surface area (Å²) in [6, 6.07) is 0. The molecule has 10 nitrogen and oxygen atoms in total. The second-order valence-electron chi connectivity index (χ2n) is 7.89. The number of aromatic nitrogens is 2. The summed E-state index contributed by atoms with van der Waals surface area (Å²) in [7, 11) is -1.41. The number of imidazole rings is 1. The van der Waals surface area contributed by atoms with Gasteiger partial charge in [-0.15, -0.1) is 0 Å². The molecule has 0 saturated heterocycles. The molecule has 0 fully saturated rings. The minimum atomic E-state index is -4.47. The second-order valence-corrected chi connectivity index (χ2v) is 8.94. The number of carbonyl (C=O) groups excluding carboxylic acids is 2. The molecule has 0 saturated carbocycles. The first kappa shape index (κ1) is 31.0. The zero-order chi connectivity index (χ0) is 25.3. The Morgan fingerprint density at radius 1 is 0.970 bits per heavy atom. The topological polar surface area (TPSA) is 128 Å². The molecule has 1 rings (SSSR count). The molecule has 0 aliphatic rings. The van der Waals surface area contributed by atoms with Crippen LogP contribution in [-0.2, 0) is 46.2 Å². The highest BCUT2D eigenvalue weighted by Gasteiger charge is 2.50. The number of methoxy groups -OCH3 is 1. The van der Waals surface area contributed by atoms with Crippen LogP contribution in [0.5, 0.6) is 0 Å². The average molecular weight is 493 g/mol. The van der Waals surface area contributed by atoms with E-state index in [0.29, 0.717) is 13.0 Å². The Morgan fingerprint density at radius 2 is 1.52 bits per heavy atom. The van der Waals surface area contributed by atoms with Crippen LogP contribution in [0.2, 0.25) is 0 Å². The molecule has 0 aromatic carbocycles. The summed E-state index contributed by atoms with van der Waals surface area (Å²) in [4.78, 5) is 24.3. The van der Waals surface area contributed by atoms with Crippen LogP contribution in [0.25, 0.3) is 0 Å². The maximum absolute atomic E-state index is 12.3. The van der Waals surface area contributed by atoms with E-state index in [9.17, 15) is 22.6 Å². The van der Waals surface area contributed by atoms with Crippen LogP contribution in [0.4, 0.5) is 0 Å². The first-order valence-electron chi connectivity index (χ1n) is 11.4. The number of esters is 2. The molecule has 192 valence electrons. The third-order valence-corrected chi connectivity index (χ3v) is 5.43. The van der Waals surface area contributed by atoms with Crippen molar-refractivity contribution in [2.75, 3.05) is 20.3 Å². The van der Waals surface area contributed by atoms with Crippen molar-refractivity contribution in [3.05, 3.63) is 18.7 Å². The highest BCUT2D eigenvalue weighted by Crippen LogP contribution is 2.20. The largest absolute Gasteiger partial charge is 0.726 e. The fourth-order valence-corrected chi connectivity index (χ4v) is 3.23. The van der Waals surface area contributed by atoms with Crippen LogP contribution >= 0.6 is 0 Å². The van der Waals surface area contributed by atoms with Crippen LogP contribution < -0.4 is 4.57 Å². The van der Waals surface area contributed by atoms with Gasteiger partial charge in [0.1, 0.15) is 12.4 Å². The number of ether oxygens (including phenoxy) is 2. The molecule has 11 heteroatoms. The van der Waals surface area contributed by atoms with Crippen molar-refractivity contribution in [2.45, 2.75) is 84.1 Å². The summed E-state index contributed by atoms with van der Waals surface area (Å²) in [5.41, 5.74) is -1.50. The maximum atomic E-state index is 12.3. The van der Waals surface area contributed by atoms with Crippen molar-refractivity contribution in [3.63, 3.8) is 0 Å². The summed E-state index contributed by atoms with van der Waals surface area (Å²) >= 11 is 0. The monoisotopic (exact) mass is 492 g/mol. The van der Waals surface area contributed by atoms with Crippen LogP contribution in [0.3, 0.4) is 0 Å². The van der Waals surface area contributed by atoms with Gasteiger partial charge in [-0.3, -0.25) is 4.18 Å². The van der Waals surface area contributed by atoms with Gasteiger partial charge in [0.05, 0.1) is 27.4 Å². The van der Waals surface area contributed by atoms with Crippen molar-refractivity contribution < 1.29 is 40.8 Å². The summed E-state index contributed by atoms with van der Waals surface area (Å²) in [6.07, 6.45) is 14.1. The Labute approximate surface area is 198 Å². The van der Waals surface area contributed by atoms with Gasteiger partial charge >= 0.3 is 17.5 Å². The molecule has 0 unspecified atom stereocenters. The van der Waals surface area contributed by atoms with Gasteiger partial charge in [-0.05, 0) is 12.8 Å². The molecule has 0 amide bonds. The predicted molar refractivity (Wildman–Crippen MR) is 121 cm³/mol. The number of aryl methyl sites for hydroxylation is 1. The number of hydrogen-bond acceptors (Lipinski definition) is 8. The quantitative estimate of drug-likeness (QED) is 0.0913. The Morgan fingerprint density at radius 3 is 2.03 bits per heavy atom. The van der Waals surface area contributed by atoms with E-state index in [1.807, 2.05) is 0 Å². The molecule has 0 aliphatic heterocycles. The molecular weight excluding hydrogens is 452 g/mol. The van der Waals surface area contributed by atoms with Crippen molar-refractivity contribution in [1.29, 1.82) is 0 Å². The SMILES string of the molecule is CCCCCCCCOS(=O)(=O)[O-].CCCCCOC(=O)[C@@](C)(C(=O)OC)n1cc[n+](C)c1. The predicted octanol–water partition coefficient (Wildman–Crippen LogP) is 2.76. The zero-order valence-electron chi connectivity index (χ0n) is 20.6. The Hall–Kier alpha value is -1.98. The van der Waals surface area contributed by atoms with Crippen LogP contribution in [0.1, 0.15) is 78.6 Å². The van der Waals surface area contributed by atoms with Gasteiger partial charge in [0.25, 0.3) is 0 Å². The fraction of sp³-hybridized carbons (Fsp3) is 0.773. The smallest absolute Gasteiger partial charge is 0.366 e. The molecule has 1 aromatic heterocycles. The summed E-state index contributed by atoms with van der Waals surface area (Å²) in [6.45, 7) is 6.04. The molecule has 1 heterocycles. The van der Waals surface area contributed by atoms with E-state index in [0.717, 1.165) is 32.1 Å². The van der Waals surface area contributed by atoms with Crippen LogP contribution in [-0.4, -0.2) is 49.8 Å². The Balaban J connectivity index is 0.000000684. The van der Waals surface area contributed by atoms with Crippen molar-refractivity contribution in [1.82, 2.24) is 4.57 Å². The first-order valence-corrected chi connectivity index (χ1v) is 12.8. The van der Waals surface area contributed by atoms with E-state index in [1.165, 1.54) is 37.9 Å². The highest BCUT2D eigenvalue weighted by atomic mass is 32.3. The van der Waals surface area contributed by atoms with Crippen molar-refractivity contribution in [3.8, 4) is 0 Å². The molecule has 1 aromatic rings. The molecule has 0 radical (unpaired) electrons. The van der Waals surface area contributed by atoms with Gasteiger partial charge in [-0.1, -0.05) is 58.8 Å². The average Bonchev–Trinajstić information content (AvgIpc) is 3.21. The van der Waals surface area contributed by atoms with Gasteiger partial charge in [0, 0.05) is 6.92 Å². The van der Waals surface area contributed by atoms with E-state index in [4.69, 9.17) is 9.47 Å². The molecule has 1 atom stereocenters. The van der Waals surface area contributed by atoms with Crippen LogP contribution in [0, 0.1) is 0 Å². The minimum absolute atomic E-state index is 0.0258. The van der Waals surface area contributed by atoms with E-state index < -0.39 is 27.9 Å². The Bertz CT molecular complexity index is 794. The fourth-order valence-electron chi connectivity index (χ4n) is 2.91. The standard InChI is InChI=1S/C14H23N2O4.C8H18O4S/c1-5-6-7-10-20-13(18)14(2,12(17)19-4)16-9-8-15(3)11-16;1-2-3-4-5-6-7-8-12-13(9,10)11/h8-9,11H,5-7,10H2,1-4H3;2-8H2,1H3,(H,9,10,11)/q+1;/p-1/t14-;/m1./s1. The minimum Gasteiger partial charge on any atom is -0.726 e. The van der Waals surface area contributed by atoms with E-state index in [-0.39, 0.29) is 6.61 Å². The lowest BCUT2D eigenvalue weighted by atomic mass is 10.0. The molecule has 0 aliphatic carbocycles. The third-order valence-electron chi connectivity index (χ3n) is 4.97. The zero-order valence-corrected chi connectivity index (χ0v) is 21.4. The van der Waals surface area contributed by atoms with Gasteiger partial charge in [0.15, 0.2) is 0 Å². The highest BCUT2D eigenvalue weighted by molar-refractivity contribution is 7.80. The molecule has 33 heavy (non-hydrogen) atoms. The first-order chi connectivity index (χ1) is 15.5. The lowest BCUT2D eigenvalue weighted by Crippen LogP contribution is -2.48. The summed E-state index contributed by atoms with van der Waals surface area (Å²) < 4.78 is 47.2. The number of hydrogen-bond donors (Lipinski definition) is 0. The number of nitrogens with zero attached hydrogens (tertiary/aromatic N) is 2. The van der Waals surface area contributed by atoms with E-state index >= 15 is 0 Å². The molecule has 0 spiro atoms. The third kappa shape index (κ3) is 12.7.